The number of unbranched alkanes of at least 4 members (excludes halogenated alkanes) is 6. The van der Waals surface area contributed by atoms with Crippen LogP contribution in [0.15, 0.2) is 22.7 Å². The summed E-state index contributed by atoms with van der Waals surface area (Å²) in [5.41, 5.74) is 7.14. The van der Waals surface area contributed by atoms with E-state index in [1.807, 2.05) is 12.1 Å². The number of carbonyl (C=O) groups excluding carboxylic acids is 1. The van der Waals surface area contributed by atoms with Gasteiger partial charge in [0.25, 0.3) is 0 Å². The molecule has 2 nitrogen and oxygen atoms in total. The molecule has 3 heteroatoms. The van der Waals surface area contributed by atoms with Crippen molar-refractivity contribution in [3.8, 4) is 0 Å². The molecule has 0 atom stereocenters. The molecule has 0 saturated heterocycles. The van der Waals surface area contributed by atoms with E-state index < -0.39 is 0 Å². The highest BCUT2D eigenvalue weighted by Crippen LogP contribution is 2.21. The van der Waals surface area contributed by atoms with Crippen LogP contribution < -0.4 is 5.73 Å². The third kappa shape index (κ3) is 6.24. The van der Waals surface area contributed by atoms with Crippen molar-refractivity contribution < 1.29 is 4.79 Å². The zero-order chi connectivity index (χ0) is 14.1. The van der Waals surface area contributed by atoms with Crippen molar-refractivity contribution in [3.63, 3.8) is 0 Å². The summed E-state index contributed by atoms with van der Waals surface area (Å²) in [5.74, 6) is 0.217. The number of ketones is 1. The first-order chi connectivity index (χ1) is 9.15. The van der Waals surface area contributed by atoms with Crippen molar-refractivity contribution in [3.05, 3.63) is 28.2 Å². The van der Waals surface area contributed by atoms with Crippen LogP contribution >= 0.6 is 15.9 Å². The average Bonchev–Trinajstić information content (AvgIpc) is 2.40. The number of benzene rings is 1. The average molecular weight is 326 g/mol. The summed E-state index contributed by atoms with van der Waals surface area (Å²) in [7, 11) is 0. The van der Waals surface area contributed by atoms with Crippen LogP contribution in [0.25, 0.3) is 0 Å². The normalized spacial score (nSPS) is 10.6. The minimum atomic E-state index is 0.217. The molecule has 1 aromatic rings. The third-order valence-electron chi connectivity index (χ3n) is 3.33. The van der Waals surface area contributed by atoms with Crippen LogP contribution in [0.3, 0.4) is 0 Å². The van der Waals surface area contributed by atoms with Crippen LogP contribution in [-0.4, -0.2) is 5.78 Å². The number of halogens is 1. The van der Waals surface area contributed by atoms with Gasteiger partial charge in [-0.1, -0.05) is 45.4 Å². The van der Waals surface area contributed by atoms with E-state index in [0.717, 1.165) is 22.9 Å². The molecule has 0 heterocycles. The van der Waals surface area contributed by atoms with Gasteiger partial charge >= 0.3 is 0 Å². The predicted molar refractivity (Wildman–Crippen MR) is 85.5 cm³/mol. The van der Waals surface area contributed by atoms with Crippen LogP contribution in [-0.2, 0) is 0 Å². The molecule has 0 unspecified atom stereocenters. The van der Waals surface area contributed by atoms with Crippen LogP contribution in [0.2, 0.25) is 0 Å². The van der Waals surface area contributed by atoms with Crippen molar-refractivity contribution in [2.24, 2.45) is 0 Å². The van der Waals surface area contributed by atoms with E-state index in [4.69, 9.17) is 5.73 Å². The summed E-state index contributed by atoms with van der Waals surface area (Å²) >= 11 is 3.35. The fraction of sp³-hybridized carbons (Fsp3) is 0.562. The summed E-state index contributed by atoms with van der Waals surface area (Å²) in [6.07, 6.45) is 9.29. The van der Waals surface area contributed by atoms with Gasteiger partial charge in [-0.3, -0.25) is 4.79 Å². The Bertz CT molecular complexity index is 404. The van der Waals surface area contributed by atoms with Gasteiger partial charge in [-0.05, 0) is 40.5 Å². The Morgan fingerprint density at radius 3 is 2.37 bits per heavy atom. The van der Waals surface area contributed by atoms with Crippen molar-refractivity contribution in [2.75, 3.05) is 5.73 Å². The number of carbonyl (C=O) groups is 1. The van der Waals surface area contributed by atoms with Crippen LogP contribution in [0.5, 0.6) is 0 Å². The topological polar surface area (TPSA) is 43.1 Å². The standard InChI is InChI=1S/C16H24BrNO/c1-2-3-4-5-6-7-8-9-16(19)13-10-11-15(18)14(17)12-13/h10-12H,2-9,18H2,1H3. The highest BCUT2D eigenvalue weighted by Gasteiger charge is 2.07. The maximum absolute atomic E-state index is 12.0. The van der Waals surface area contributed by atoms with E-state index in [2.05, 4.69) is 22.9 Å². The van der Waals surface area contributed by atoms with Gasteiger partial charge in [0, 0.05) is 22.1 Å². The minimum absolute atomic E-state index is 0.217. The maximum atomic E-state index is 12.0. The number of hydrogen-bond acceptors (Lipinski definition) is 2. The van der Waals surface area contributed by atoms with Crippen molar-refractivity contribution in [1.29, 1.82) is 0 Å². The molecule has 106 valence electrons. The van der Waals surface area contributed by atoms with Crippen LogP contribution in [0.4, 0.5) is 5.69 Å². The quantitative estimate of drug-likeness (QED) is 0.377. The van der Waals surface area contributed by atoms with Crippen molar-refractivity contribution >= 4 is 27.4 Å². The van der Waals surface area contributed by atoms with E-state index in [-0.39, 0.29) is 5.78 Å². The summed E-state index contributed by atoms with van der Waals surface area (Å²) < 4.78 is 0.804. The monoisotopic (exact) mass is 325 g/mol. The van der Waals surface area contributed by atoms with Gasteiger partial charge in [-0.25, -0.2) is 0 Å². The zero-order valence-corrected chi connectivity index (χ0v) is 13.3. The molecular formula is C16H24BrNO. The number of hydrogen-bond donors (Lipinski definition) is 1. The Balaban J connectivity index is 2.22. The second kappa shape index (κ2) is 9.13. The maximum Gasteiger partial charge on any atom is 0.162 e. The van der Waals surface area contributed by atoms with Crippen molar-refractivity contribution in [2.45, 2.75) is 58.3 Å². The van der Waals surface area contributed by atoms with E-state index in [1.165, 1.54) is 32.1 Å². The van der Waals surface area contributed by atoms with Crippen molar-refractivity contribution in [1.82, 2.24) is 0 Å². The van der Waals surface area contributed by atoms with Gasteiger partial charge < -0.3 is 5.73 Å². The Kier molecular flexibility index (Phi) is 7.80. The Labute approximate surface area is 124 Å². The highest BCUT2D eigenvalue weighted by atomic mass is 79.9. The number of rotatable bonds is 9. The summed E-state index contributed by atoms with van der Waals surface area (Å²) in [6.45, 7) is 2.23. The fourth-order valence-electron chi connectivity index (χ4n) is 2.09. The lowest BCUT2D eigenvalue weighted by atomic mass is 10.0. The van der Waals surface area contributed by atoms with E-state index in [1.54, 1.807) is 6.07 Å². The molecule has 0 aliphatic heterocycles. The second-order valence-corrected chi connectivity index (χ2v) is 5.89. The van der Waals surface area contributed by atoms with Gasteiger partial charge in [0.2, 0.25) is 0 Å². The lowest BCUT2D eigenvalue weighted by Gasteiger charge is -2.04. The van der Waals surface area contributed by atoms with E-state index >= 15 is 0 Å². The van der Waals surface area contributed by atoms with Gasteiger partial charge in [0.1, 0.15) is 0 Å². The lowest BCUT2D eigenvalue weighted by Crippen LogP contribution is -2.00. The molecule has 2 N–H and O–H groups in total. The smallest absolute Gasteiger partial charge is 0.162 e. The van der Waals surface area contributed by atoms with Gasteiger partial charge in [0.05, 0.1) is 0 Å². The molecule has 0 aliphatic carbocycles. The number of anilines is 1. The molecule has 0 amide bonds. The summed E-state index contributed by atoms with van der Waals surface area (Å²) in [5, 5.41) is 0. The van der Waals surface area contributed by atoms with E-state index in [0.29, 0.717) is 12.1 Å². The SMILES string of the molecule is CCCCCCCCCC(=O)c1ccc(N)c(Br)c1. The minimum Gasteiger partial charge on any atom is -0.398 e. The van der Waals surface area contributed by atoms with E-state index in [9.17, 15) is 4.79 Å². The summed E-state index contributed by atoms with van der Waals surface area (Å²) in [6, 6.07) is 5.41. The zero-order valence-electron chi connectivity index (χ0n) is 11.8. The van der Waals surface area contributed by atoms with Gasteiger partial charge in [-0.2, -0.15) is 0 Å². The first-order valence-corrected chi connectivity index (χ1v) is 8.02. The molecule has 0 spiro atoms. The van der Waals surface area contributed by atoms with Gasteiger partial charge in [0.15, 0.2) is 5.78 Å². The largest absolute Gasteiger partial charge is 0.398 e. The van der Waals surface area contributed by atoms with Gasteiger partial charge in [-0.15, -0.1) is 0 Å². The molecule has 19 heavy (non-hydrogen) atoms. The summed E-state index contributed by atoms with van der Waals surface area (Å²) in [4.78, 5) is 12.0. The first kappa shape index (κ1) is 16.2. The third-order valence-corrected chi connectivity index (χ3v) is 4.02. The molecule has 0 saturated carbocycles. The molecule has 0 aromatic heterocycles. The Morgan fingerprint density at radius 1 is 1.11 bits per heavy atom. The Morgan fingerprint density at radius 2 is 1.74 bits per heavy atom. The molecule has 0 aliphatic rings. The molecular weight excluding hydrogens is 302 g/mol. The van der Waals surface area contributed by atoms with Crippen LogP contribution in [0.1, 0.15) is 68.6 Å². The first-order valence-electron chi connectivity index (χ1n) is 7.23. The number of nitrogen functional groups attached to an aromatic ring is 1. The molecule has 1 aromatic carbocycles. The Hall–Kier alpha value is -0.830. The van der Waals surface area contributed by atoms with Crippen LogP contribution in [0, 0.1) is 0 Å². The molecule has 0 bridgehead atoms. The second-order valence-electron chi connectivity index (χ2n) is 5.03. The highest BCUT2D eigenvalue weighted by molar-refractivity contribution is 9.10. The number of Topliss-reactive ketones (excluding diaryl/α,β-unsaturated/α-hetero) is 1. The predicted octanol–water partition coefficient (Wildman–Crippen LogP) is 5.35. The molecule has 0 fully saturated rings. The fourth-order valence-corrected chi connectivity index (χ4v) is 2.47. The lowest BCUT2D eigenvalue weighted by molar-refractivity contribution is 0.0979. The molecule has 0 radical (unpaired) electrons. The number of nitrogens with two attached hydrogens (primary N) is 1. The molecule has 1 rings (SSSR count).